The highest BCUT2D eigenvalue weighted by Gasteiger charge is 2.70. The van der Waals surface area contributed by atoms with Gasteiger partial charge in [-0.2, -0.15) is 0 Å². The van der Waals surface area contributed by atoms with Crippen LogP contribution in [-0.4, -0.2) is 141 Å². The van der Waals surface area contributed by atoms with Gasteiger partial charge in [0.1, 0.15) is 49.3 Å². The van der Waals surface area contributed by atoms with Crippen LogP contribution < -0.4 is 0 Å². The molecule has 6 fully saturated rings. The van der Waals surface area contributed by atoms with Crippen LogP contribution in [-0.2, 0) is 33.2 Å². The lowest BCUT2D eigenvalue weighted by molar-refractivity contribution is -0.362. The number of hydrogen-bond donors (Lipinski definition) is 7. The van der Waals surface area contributed by atoms with Crippen molar-refractivity contribution in [1.29, 1.82) is 0 Å². The fourth-order valence-electron chi connectivity index (χ4n) is 11.7. The molecule has 4 aliphatic carbocycles. The van der Waals surface area contributed by atoms with Crippen molar-refractivity contribution in [3.63, 3.8) is 0 Å². The molecule has 0 aromatic carbocycles. The second-order valence-corrected chi connectivity index (χ2v) is 16.7. The van der Waals surface area contributed by atoms with E-state index in [1.54, 1.807) is 6.92 Å². The van der Waals surface area contributed by atoms with E-state index >= 15 is 0 Å². The van der Waals surface area contributed by atoms with Gasteiger partial charge in [0, 0.05) is 30.9 Å². The van der Waals surface area contributed by atoms with E-state index in [2.05, 4.69) is 13.8 Å². The van der Waals surface area contributed by atoms with Gasteiger partial charge in [0.15, 0.2) is 12.6 Å². The van der Waals surface area contributed by atoms with Gasteiger partial charge >= 0.3 is 5.97 Å². The first-order valence-corrected chi connectivity index (χ1v) is 18.4. The second kappa shape index (κ2) is 13.5. The molecule has 3 heterocycles. The van der Waals surface area contributed by atoms with E-state index in [1.807, 2.05) is 0 Å². The van der Waals surface area contributed by atoms with Gasteiger partial charge in [-0.15, -0.1) is 0 Å². The van der Waals surface area contributed by atoms with Crippen LogP contribution >= 0.6 is 0 Å². The summed E-state index contributed by atoms with van der Waals surface area (Å²) >= 11 is 0. The maximum Gasteiger partial charge on any atom is 0.331 e. The van der Waals surface area contributed by atoms with Gasteiger partial charge in [0.2, 0.25) is 0 Å². The number of ether oxygens (including phenoxy) is 6. The van der Waals surface area contributed by atoms with Gasteiger partial charge in [-0.3, -0.25) is 0 Å². The molecule has 14 nitrogen and oxygen atoms in total. The second-order valence-electron chi connectivity index (χ2n) is 16.7. The number of esters is 1. The number of methoxy groups -OCH3 is 1. The maximum atomic E-state index is 12.5. The van der Waals surface area contributed by atoms with E-state index < -0.39 is 85.1 Å². The Labute approximate surface area is 292 Å². The molecule has 50 heavy (non-hydrogen) atoms. The predicted octanol–water partition coefficient (Wildman–Crippen LogP) is -0.0948. The van der Waals surface area contributed by atoms with E-state index in [9.17, 15) is 40.5 Å². The van der Waals surface area contributed by atoms with Crippen LogP contribution in [0.15, 0.2) is 11.6 Å². The lowest BCUT2D eigenvalue weighted by atomic mass is 9.43. The van der Waals surface area contributed by atoms with E-state index in [0.717, 1.165) is 50.5 Å². The molecule has 0 amide bonds. The summed E-state index contributed by atoms with van der Waals surface area (Å²) in [6.45, 7) is 5.74. The molecule has 4 unspecified atom stereocenters. The Balaban J connectivity index is 1.000. The van der Waals surface area contributed by atoms with Crippen LogP contribution in [0.5, 0.6) is 0 Å². The van der Waals surface area contributed by atoms with Crippen molar-refractivity contribution in [2.45, 2.75) is 151 Å². The summed E-state index contributed by atoms with van der Waals surface area (Å²) in [4.78, 5) is 11.9. The minimum Gasteiger partial charge on any atom is -0.458 e. The van der Waals surface area contributed by atoms with Crippen LogP contribution in [0.1, 0.15) is 72.1 Å². The third kappa shape index (κ3) is 5.72. The Hall–Kier alpha value is -1.27. The molecule has 7 N–H and O–H groups in total. The Morgan fingerprint density at radius 2 is 1.62 bits per heavy atom. The minimum atomic E-state index is -1.61. The smallest absolute Gasteiger partial charge is 0.331 e. The number of carbonyl (C=O) groups excluding carboxylic acids is 1. The number of rotatable bonds is 7. The van der Waals surface area contributed by atoms with E-state index in [4.69, 9.17) is 28.4 Å². The number of hydrogen-bond acceptors (Lipinski definition) is 14. The molecule has 284 valence electrons. The fourth-order valence-corrected chi connectivity index (χ4v) is 11.7. The van der Waals surface area contributed by atoms with Crippen molar-refractivity contribution in [3.8, 4) is 0 Å². The molecule has 7 rings (SSSR count). The largest absolute Gasteiger partial charge is 0.458 e. The Morgan fingerprint density at radius 3 is 2.30 bits per heavy atom. The number of carbonyl (C=O) groups is 1. The summed E-state index contributed by atoms with van der Waals surface area (Å²) in [6.07, 6.45) is -5.43. The van der Waals surface area contributed by atoms with Crippen molar-refractivity contribution >= 4 is 5.97 Å². The Bertz CT molecular complexity index is 1300. The van der Waals surface area contributed by atoms with Crippen molar-refractivity contribution < 1.29 is 69.0 Å². The summed E-state index contributed by atoms with van der Waals surface area (Å²) in [5.74, 6) is -0.0506. The van der Waals surface area contributed by atoms with Crippen molar-refractivity contribution in [2.75, 3.05) is 20.3 Å². The third-order valence-corrected chi connectivity index (χ3v) is 14.4. The highest BCUT2D eigenvalue weighted by Crippen LogP contribution is 2.70. The number of fused-ring (bicyclic) bond motifs is 5. The fraction of sp³-hybridized carbons (Fsp3) is 0.917. The van der Waals surface area contributed by atoms with E-state index in [1.165, 1.54) is 13.2 Å². The summed E-state index contributed by atoms with van der Waals surface area (Å²) in [5.41, 5.74) is -0.841. The minimum absolute atomic E-state index is 0.0330. The zero-order chi connectivity index (χ0) is 35.9. The van der Waals surface area contributed by atoms with Gasteiger partial charge in [0.25, 0.3) is 0 Å². The molecule has 3 aliphatic heterocycles. The molecule has 0 aromatic rings. The first-order chi connectivity index (χ1) is 23.7. The van der Waals surface area contributed by atoms with Crippen LogP contribution in [0.3, 0.4) is 0 Å². The zero-order valence-corrected chi connectivity index (χ0v) is 29.4. The number of cyclic esters (lactones) is 1. The van der Waals surface area contributed by atoms with E-state index in [-0.39, 0.29) is 41.8 Å². The van der Waals surface area contributed by atoms with Crippen LogP contribution in [0, 0.1) is 34.5 Å². The van der Waals surface area contributed by atoms with Crippen molar-refractivity contribution in [2.24, 2.45) is 34.5 Å². The van der Waals surface area contributed by atoms with Gasteiger partial charge in [-0.05, 0) is 80.6 Å². The Morgan fingerprint density at radius 1 is 0.880 bits per heavy atom. The number of aliphatic hydroxyl groups excluding tert-OH is 6. The molecule has 0 aromatic heterocycles. The highest BCUT2D eigenvalue weighted by atomic mass is 16.7. The average Bonchev–Trinajstić information content (AvgIpc) is 3.59. The maximum absolute atomic E-state index is 12.5. The van der Waals surface area contributed by atoms with Crippen LogP contribution in [0.4, 0.5) is 0 Å². The third-order valence-electron chi connectivity index (χ3n) is 14.4. The van der Waals surface area contributed by atoms with Gasteiger partial charge in [0.05, 0.1) is 30.5 Å². The first-order valence-electron chi connectivity index (χ1n) is 18.4. The van der Waals surface area contributed by atoms with Crippen molar-refractivity contribution in [3.05, 3.63) is 11.6 Å². The van der Waals surface area contributed by atoms with Gasteiger partial charge in [-0.1, -0.05) is 13.8 Å². The Kier molecular flexibility index (Phi) is 10.0. The quantitative estimate of drug-likeness (QED) is 0.136. The SMILES string of the molecule is COC1[C@H](O[C@@H]2OC(CO)[C@@H](O)C(O)[C@@H]2O)C(C)O[C@@H](O[C@H]2CC[C@@]3(C)[C@H](CC[C@@H]4[C@@H]3CC[C@]3(C)[C@@H](C5=CC(=O)OC5)[C@@H](O)C[C@]43O)C2)[C@H]1O. The van der Waals surface area contributed by atoms with Crippen LogP contribution in [0.2, 0.25) is 0 Å². The highest BCUT2D eigenvalue weighted by molar-refractivity contribution is 5.85. The molecule has 0 radical (unpaired) electrons. The monoisotopic (exact) mass is 712 g/mol. The normalized spacial score (nSPS) is 55.1. The van der Waals surface area contributed by atoms with Crippen molar-refractivity contribution in [1.82, 2.24) is 0 Å². The molecular weight excluding hydrogens is 656 g/mol. The molecule has 14 heteroatoms. The molecule has 4 saturated carbocycles. The molecule has 0 spiro atoms. The van der Waals surface area contributed by atoms with Gasteiger partial charge in [-0.25, -0.2) is 4.79 Å². The lowest BCUT2D eigenvalue weighted by Crippen LogP contribution is -2.64. The summed E-state index contributed by atoms with van der Waals surface area (Å²) in [7, 11) is 1.42. The molecular formula is C36H56O14. The molecule has 2 saturated heterocycles. The molecule has 7 aliphatic rings. The topological polar surface area (TPSA) is 214 Å². The summed E-state index contributed by atoms with van der Waals surface area (Å²) < 4.78 is 35.0. The van der Waals surface area contributed by atoms with Gasteiger partial charge < -0.3 is 64.2 Å². The van der Waals surface area contributed by atoms with E-state index in [0.29, 0.717) is 12.3 Å². The lowest BCUT2D eigenvalue weighted by Gasteiger charge is -2.63. The predicted molar refractivity (Wildman–Crippen MR) is 172 cm³/mol. The zero-order valence-electron chi connectivity index (χ0n) is 29.4. The number of aliphatic hydroxyl groups is 7. The summed E-state index contributed by atoms with van der Waals surface area (Å²) in [5, 5.41) is 75.7. The van der Waals surface area contributed by atoms with Crippen LogP contribution in [0.25, 0.3) is 0 Å². The summed E-state index contributed by atoms with van der Waals surface area (Å²) in [6, 6.07) is 0. The molecule has 0 bridgehead atoms. The standard InChI is InChI=1S/C36H56O14/c1-16-30(50-32-28(42)27(41)26(40)23(14-37)49-32)31(45-4)29(43)33(47-16)48-19-7-9-34(2)18(12-19)5-6-21-20(34)8-10-35(3)25(17-11-24(39)46-15-17)22(38)13-36(21,35)44/h11,16,18-23,25-33,37-38,40-44H,5-10,12-15H2,1-4H3/t16?,18-,19+,20+,21-,22+,23?,25+,26-,27?,28+,29+,30-,31?,32+,33+,34+,35-,36+/m1/s1. The molecule has 19 atom stereocenters. The first kappa shape index (κ1) is 37.1. The average molecular weight is 713 g/mol.